The lowest BCUT2D eigenvalue weighted by Crippen LogP contribution is -2.62. The number of carbonyl (C=O) groups excluding carboxylic acids is 2. The van der Waals surface area contributed by atoms with Gasteiger partial charge in [0.1, 0.15) is 5.60 Å². The quantitative estimate of drug-likeness (QED) is 0.723. The van der Waals surface area contributed by atoms with Crippen LogP contribution in [-0.4, -0.2) is 53.6 Å². The van der Waals surface area contributed by atoms with E-state index in [1.165, 1.54) is 0 Å². The van der Waals surface area contributed by atoms with E-state index in [9.17, 15) is 9.59 Å². The second kappa shape index (κ2) is 7.51. The second-order valence-corrected chi connectivity index (χ2v) is 9.46. The minimum atomic E-state index is -0.476. The molecule has 0 N–H and O–H groups in total. The number of carbonyl (C=O) groups is 2. The summed E-state index contributed by atoms with van der Waals surface area (Å²) in [5, 5.41) is 0.962. The number of amides is 2. The Kier molecular flexibility index (Phi) is 5.64. The van der Waals surface area contributed by atoms with Crippen LogP contribution in [0.1, 0.15) is 39.2 Å². The molecule has 7 heteroatoms. The lowest BCUT2D eigenvalue weighted by Gasteiger charge is -2.54. The van der Waals surface area contributed by atoms with Crippen molar-refractivity contribution in [3.8, 4) is 0 Å². The van der Waals surface area contributed by atoms with E-state index < -0.39 is 5.60 Å². The molecule has 2 amide bonds. The molecule has 2 aliphatic rings. The van der Waals surface area contributed by atoms with Crippen LogP contribution < -0.4 is 0 Å². The minimum Gasteiger partial charge on any atom is -0.444 e. The molecule has 1 aromatic carbocycles. The summed E-state index contributed by atoms with van der Waals surface area (Å²) in [7, 11) is 0. The molecule has 0 aromatic heterocycles. The van der Waals surface area contributed by atoms with Gasteiger partial charge in [0.2, 0.25) is 5.91 Å². The molecule has 0 aliphatic carbocycles. The fraction of sp³-hybridized carbons (Fsp3) is 0.600. The first kappa shape index (κ1) is 20.3. The van der Waals surface area contributed by atoms with E-state index in [1.54, 1.807) is 17.0 Å². The number of halogens is 2. The van der Waals surface area contributed by atoms with Crippen LogP contribution in [-0.2, 0) is 16.0 Å². The zero-order chi connectivity index (χ0) is 19.8. The van der Waals surface area contributed by atoms with Crippen LogP contribution in [0.4, 0.5) is 4.79 Å². The van der Waals surface area contributed by atoms with Crippen molar-refractivity contribution in [2.24, 2.45) is 5.41 Å². The summed E-state index contributed by atoms with van der Waals surface area (Å²) in [6.07, 6.45) is 1.90. The van der Waals surface area contributed by atoms with Crippen molar-refractivity contribution in [1.82, 2.24) is 9.80 Å². The van der Waals surface area contributed by atoms with Crippen LogP contribution >= 0.6 is 23.2 Å². The summed E-state index contributed by atoms with van der Waals surface area (Å²) >= 11 is 11.9. The van der Waals surface area contributed by atoms with Gasteiger partial charge in [0.05, 0.1) is 16.5 Å². The Bertz CT molecular complexity index is 729. The van der Waals surface area contributed by atoms with Crippen molar-refractivity contribution in [2.75, 3.05) is 26.2 Å². The van der Waals surface area contributed by atoms with Gasteiger partial charge in [0.15, 0.2) is 0 Å². The maximum absolute atomic E-state index is 12.5. The molecule has 2 fully saturated rings. The molecular formula is C20H26Cl2N2O3. The Morgan fingerprint density at radius 2 is 1.70 bits per heavy atom. The van der Waals surface area contributed by atoms with E-state index in [2.05, 4.69) is 0 Å². The van der Waals surface area contributed by atoms with E-state index in [0.29, 0.717) is 29.6 Å². The summed E-state index contributed by atoms with van der Waals surface area (Å²) in [6, 6.07) is 5.30. The third-order valence-corrected chi connectivity index (χ3v) is 5.96. The van der Waals surface area contributed by atoms with E-state index in [-0.39, 0.29) is 17.4 Å². The third kappa shape index (κ3) is 4.88. The van der Waals surface area contributed by atoms with Crippen LogP contribution in [0.3, 0.4) is 0 Å². The second-order valence-electron chi connectivity index (χ2n) is 8.64. The number of rotatable bonds is 2. The van der Waals surface area contributed by atoms with Crippen molar-refractivity contribution in [3.63, 3.8) is 0 Å². The van der Waals surface area contributed by atoms with Gasteiger partial charge in [-0.2, -0.15) is 0 Å². The highest BCUT2D eigenvalue weighted by molar-refractivity contribution is 6.42. The Hall–Kier alpha value is -1.46. The topological polar surface area (TPSA) is 49.9 Å². The van der Waals surface area contributed by atoms with E-state index in [1.807, 2.05) is 31.7 Å². The van der Waals surface area contributed by atoms with E-state index in [4.69, 9.17) is 27.9 Å². The maximum atomic E-state index is 12.5. The minimum absolute atomic E-state index is 0.105. The van der Waals surface area contributed by atoms with Crippen molar-refractivity contribution in [2.45, 2.75) is 45.6 Å². The van der Waals surface area contributed by atoms with Gasteiger partial charge in [0, 0.05) is 31.6 Å². The normalized spacial score (nSPS) is 19.0. The third-order valence-electron chi connectivity index (χ3n) is 5.22. The van der Waals surface area contributed by atoms with Gasteiger partial charge in [-0.25, -0.2) is 4.79 Å². The van der Waals surface area contributed by atoms with Crippen LogP contribution in [0, 0.1) is 5.41 Å². The number of nitrogens with zero attached hydrogens (tertiary/aromatic N) is 2. The van der Waals surface area contributed by atoms with Gasteiger partial charge in [-0.15, -0.1) is 0 Å². The fourth-order valence-electron chi connectivity index (χ4n) is 3.68. The monoisotopic (exact) mass is 412 g/mol. The Morgan fingerprint density at radius 1 is 1.07 bits per heavy atom. The Labute approximate surface area is 170 Å². The molecule has 0 bridgehead atoms. The highest BCUT2D eigenvalue weighted by Crippen LogP contribution is 2.41. The zero-order valence-corrected chi connectivity index (χ0v) is 17.6. The summed E-state index contributed by atoms with van der Waals surface area (Å²) in [5.74, 6) is 0.105. The number of benzene rings is 1. The van der Waals surface area contributed by atoms with Gasteiger partial charge in [-0.05, 0) is 51.3 Å². The number of piperidine rings is 1. The van der Waals surface area contributed by atoms with Gasteiger partial charge in [-0.1, -0.05) is 29.3 Å². The molecule has 148 valence electrons. The predicted molar refractivity (Wildman–Crippen MR) is 106 cm³/mol. The molecule has 1 spiro atoms. The Balaban J connectivity index is 1.47. The zero-order valence-electron chi connectivity index (χ0n) is 16.1. The smallest absolute Gasteiger partial charge is 0.410 e. The van der Waals surface area contributed by atoms with Crippen LogP contribution in [0.15, 0.2) is 18.2 Å². The molecule has 0 saturated carbocycles. The summed E-state index contributed by atoms with van der Waals surface area (Å²) in [5.41, 5.74) is 0.539. The molecule has 0 unspecified atom stereocenters. The van der Waals surface area contributed by atoms with Crippen LogP contribution in [0.5, 0.6) is 0 Å². The summed E-state index contributed by atoms with van der Waals surface area (Å²) < 4.78 is 5.44. The first-order chi connectivity index (χ1) is 12.6. The number of hydrogen-bond donors (Lipinski definition) is 0. The standard InChI is InChI=1S/C20H26Cl2N2O3/c1-19(2,3)27-18(26)23-8-6-20(7-9-23)12-24(13-20)17(25)11-14-4-5-15(21)16(22)10-14/h4-5,10H,6-9,11-13H2,1-3H3. The van der Waals surface area contributed by atoms with E-state index in [0.717, 1.165) is 31.5 Å². The maximum Gasteiger partial charge on any atom is 0.410 e. The number of ether oxygens (including phenoxy) is 1. The Morgan fingerprint density at radius 3 is 2.26 bits per heavy atom. The molecule has 2 aliphatic heterocycles. The molecule has 27 heavy (non-hydrogen) atoms. The van der Waals surface area contributed by atoms with Crippen molar-refractivity contribution >= 4 is 35.2 Å². The summed E-state index contributed by atoms with van der Waals surface area (Å²) in [4.78, 5) is 28.4. The average molecular weight is 413 g/mol. The van der Waals surface area contributed by atoms with E-state index >= 15 is 0 Å². The van der Waals surface area contributed by atoms with Gasteiger partial charge >= 0.3 is 6.09 Å². The first-order valence-electron chi connectivity index (χ1n) is 9.27. The molecule has 0 radical (unpaired) electrons. The molecule has 0 atom stereocenters. The van der Waals surface area contributed by atoms with Crippen molar-refractivity contribution in [1.29, 1.82) is 0 Å². The van der Waals surface area contributed by atoms with Gasteiger partial charge < -0.3 is 14.5 Å². The fourth-order valence-corrected chi connectivity index (χ4v) is 4.00. The lowest BCUT2D eigenvalue weighted by atomic mass is 9.72. The van der Waals surface area contributed by atoms with Crippen LogP contribution in [0.2, 0.25) is 10.0 Å². The summed E-state index contributed by atoms with van der Waals surface area (Å²) in [6.45, 7) is 8.51. The van der Waals surface area contributed by atoms with Crippen molar-refractivity contribution < 1.29 is 14.3 Å². The van der Waals surface area contributed by atoms with Gasteiger partial charge in [-0.3, -0.25) is 4.79 Å². The SMILES string of the molecule is CC(C)(C)OC(=O)N1CCC2(CC1)CN(C(=O)Cc1ccc(Cl)c(Cl)c1)C2. The lowest BCUT2D eigenvalue weighted by molar-refractivity contribution is -0.146. The van der Waals surface area contributed by atoms with Crippen molar-refractivity contribution in [3.05, 3.63) is 33.8 Å². The average Bonchev–Trinajstić information content (AvgIpc) is 2.54. The molecule has 2 saturated heterocycles. The number of hydrogen-bond acceptors (Lipinski definition) is 3. The molecule has 3 rings (SSSR count). The molecular weight excluding hydrogens is 387 g/mol. The molecule has 5 nitrogen and oxygen atoms in total. The largest absolute Gasteiger partial charge is 0.444 e. The number of likely N-dealkylation sites (tertiary alicyclic amines) is 2. The van der Waals surface area contributed by atoms with Crippen LogP contribution in [0.25, 0.3) is 0 Å². The van der Waals surface area contributed by atoms with Gasteiger partial charge in [0.25, 0.3) is 0 Å². The molecule has 1 aromatic rings. The highest BCUT2D eigenvalue weighted by Gasteiger charge is 2.47. The predicted octanol–water partition coefficient (Wildman–Crippen LogP) is 4.40. The first-order valence-corrected chi connectivity index (χ1v) is 10.0. The highest BCUT2D eigenvalue weighted by atomic mass is 35.5. The molecule has 2 heterocycles.